The van der Waals surface area contributed by atoms with E-state index in [2.05, 4.69) is 26.0 Å². The number of nitrogens with zero attached hydrogens (tertiary/aromatic N) is 3. The number of halogens is 2. The predicted molar refractivity (Wildman–Crippen MR) is 134 cm³/mol. The third kappa shape index (κ3) is 5.34. The first-order chi connectivity index (χ1) is 16.5. The van der Waals surface area contributed by atoms with Gasteiger partial charge in [-0.3, -0.25) is 4.79 Å². The second-order valence-electron chi connectivity index (χ2n) is 7.63. The molecule has 34 heavy (non-hydrogen) atoms. The molecule has 1 heterocycles. The number of methoxy groups -OCH3 is 1. The number of hydrogen-bond acceptors (Lipinski definition) is 5. The number of ether oxygens (including phenoxy) is 2. The summed E-state index contributed by atoms with van der Waals surface area (Å²) in [5.74, 6) is 1.31. The molecule has 0 spiro atoms. The van der Waals surface area contributed by atoms with Crippen LogP contribution in [0.3, 0.4) is 0 Å². The molecule has 0 saturated carbocycles. The zero-order valence-corrected chi connectivity index (χ0v) is 20.4. The monoisotopic (exact) mass is 523 g/mol. The zero-order chi connectivity index (χ0) is 24.1. The lowest BCUT2D eigenvalue weighted by atomic mass is 10.2. The third-order valence-electron chi connectivity index (χ3n) is 5.14. The molecule has 0 radical (unpaired) electrons. The molecule has 0 aliphatic carbocycles. The van der Waals surface area contributed by atoms with Gasteiger partial charge in [-0.25, -0.2) is 9.37 Å². The minimum Gasteiger partial charge on any atom is -0.493 e. The summed E-state index contributed by atoms with van der Waals surface area (Å²) < 4.78 is 26.8. The van der Waals surface area contributed by atoms with Crippen LogP contribution in [-0.4, -0.2) is 23.0 Å². The Labute approximate surface area is 204 Å². The lowest BCUT2D eigenvalue weighted by molar-refractivity contribution is 0.284. The van der Waals surface area contributed by atoms with Crippen LogP contribution in [0.25, 0.3) is 10.9 Å². The van der Waals surface area contributed by atoms with Crippen molar-refractivity contribution in [2.45, 2.75) is 26.4 Å². The molecule has 0 atom stereocenters. The molecule has 0 aliphatic rings. The Hall–Kier alpha value is -3.52. The number of rotatable bonds is 8. The maximum atomic E-state index is 13.4. The van der Waals surface area contributed by atoms with E-state index in [0.717, 1.165) is 16.5 Å². The van der Waals surface area contributed by atoms with Crippen LogP contribution in [0.2, 0.25) is 0 Å². The molecule has 3 aromatic carbocycles. The second-order valence-corrected chi connectivity index (χ2v) is 8.55. The standard InChI is InChI=1S/C26H23BrFN3O3/c1-3-5-25-30-22-10-9-19(27)14-21(22)26(32)31(25)29-15-17-8-11-23(24(13-17)33-2)34-16-18-6-4-7-20(28)12-18/h4,6-15H,3,5,16H2,1-2H3. The largest absolute Gasteiger partial charge is 0.493 e. The minimum absolute atomic E-state index is 0.204. The zero-order valence-electron chi connectivity index (χ0n) is 18.8. The Balaban J connectivity index is 1.62. The van der Waals surface area contributed by atoms with Gasteiger partial charge in [-0.05, 0) is 66.1 Å². The molecule has 1 aromatic heterocycles. The highest BCUT2D eigenvalue weighted by Crippen LogP contribution is 2.28. The first-order valence-corrected chi connectivity index (χ1v) is 11.6. The fourth-order valence-electron chi connectivity index (χ4n) is 3.50. The van der Waals surface area contributed by atoms with E-state index in [1.54, 1.807) is 43.7 Å². The molecule has 0 unspecified atom stereocenters. The summed E-state index contributed by atoms with van der Waals surface area (Å²) in [5.41, 5.74) is 1.85. The average molecular weight is 524 g/mol. The van der Waals surface area contributed by atoms with Crippen LogP contribution in [0.4, 0.5) is 4.39 Å². The van der Waals surface area contributed by atoms with E-state index in [1.165, 1.54) is 16.8 Å². The van der Waals surface area contributed by atoms with Gasteiger partial charge >= 0.3 is 0 Å². The number of fused-ring (bicyclic) bond motifs is 1. The topological polar surface area (TPSA) is 65.7 Å². The maximum absolute atomic E-state index is 13.4. The van der Waals surface area contributed by atoms with Gasteiger partial charge in [0.15, 0.2) is 11.5 Å². The van der Waals surface area contributed by atoms with Crippen LogP contribution in [-0.2, 0) is 13.0 Å². The normalized spacial score (nSPS) is 11.3. The highest BCUT2D eigenvalue weighted by atomic mass is 79.9. The van der Waals surface area contributed by atoms with E-state index in [-0.39, 0.29) is 18.0 Å². The van der Waals surface area contributed by atoms with Gasteiger partial charge in [-0.15, -0.1) is 0 Å². The number of hydrogen-bond donors (Lipinski definition) is 0. The van der Waals surface area contributed by atoms with Crippen LogP contribution in [0.15, 0.2) is 75.0 Å². The number of aryl methyl sites for hydroxylation is 1. The highest BCUT2D eigenvalue weighted by molar-refractivity contribution is 9.10. The molecule has 0 fully saturated rings. The van der Waals surface area contributed by atoms with Crippen molar-refractivity contribution >= 4 is 33.0 Å². The van der Waals surface area contributed by atoms with Gasteiger partial charge in [0, 0.05) is 10.9 Å². The Kier molecular flexibility index (Phi) is 7.37. The molecular formula is C26H23BrFN3O3. The molecule has 0 amide bonds. The summed E-state index contributed by atoms with van der Waals surface area (Å²) in [6, 6.07) is 17.0. The van der Waals surface area contributed by atoms with Gasteiger partial charge in [-0.1, -0.05) is 35.0 Å². The van der Waals surface area contributed by atoms with Crippen molar-refractivity contribution in [2.24, 2.45) is 5.10 Å². The van der Waals surface area contributed by atoms with Crippen molar-refractivity contribution in [3.8, 4) is 11.5 Å². The van der Waals surface area contributed by atoms with Crippen molar-refractivity contribution < 1.29 is 13.9 Å². The molecular weight excluding hydrogens is 501 g/mol. The van der Waals surface area contributed by atoms with Crippen LogP contribution in [0, 0.1) is 5.82 Å². The molecule has 0 aliphatic heterocycles. The Morgan fingerprint density at radius 3 is 2.74 bits per heavy atom. The smallest absolute Gasteiger partial charge is 0.282 e. The van der Waals surface area contributed by atoms with Crippen molar-refractivity contribution in [2.75, 3.05) is 7.11 Å². The van der Waals surface area contributed by atoms with Gasteiger partial charge in [0.1, 0.15) is 18.2 Å². The summed E-state index contributed by atoms with van der Waals surface area (Å²) in [6.07, 6.45) is 3.04. The van der Waals surface area contributed by atoms with E-state index in [9.17, 15) is 9.18 Å². The number of aromatic nitrogens is 2. The summed E-state index contributed by atoms with van der Waals surface area (Å²) in [4.78, 5) is 17.8. The molecule has 4 rings (SSSR count). The van der Waals surface area contributed by atoms with Gasteiger partial charge in [0.25, 0.3) is 5.56 Å². The Morgan fingerprint density at radius 2 is 1.97 bits per heavy atom. The summed E-state index contributed by atoms with van der Waals surface area (Å²) in [6.45, 7) is 2.23. The molecule has 0 N–H and O–H groups in total. The van der Waals surface area contributed by atoms with Crippen LogP contribution < -0.4 is 15.0 Å². The fraction of sp³-hybridized carbons (Fsp3) is 0.192. The molecule has 0 bridgehead atoms. The van der Waals surface area contributed by atoms with E-state index in [0.29, 0.717) is 40.2 Å². The predicted octanol–water partition coefficient (Wildman–Crippen LogP) is 5.72. The second kappa shape index (κ2) is 10.6. The van der Waals surface area contributed by atoms with Crippen LogP contribution >= 0.6 is 15.9 Å². The lowest BCUT2D eigenvalue weighted by Crippen LogP contribution is -2.22. The minimum atomic E-state index is -0.312. The SMILES string of the molecule is CCCc1nc2ccc(Br)cc2c(=O)n1N=Cc1ccc(OCc2cccc(F)c2)c(OC)c1. The maximum Gasteiger partial charge on any atom is 0.282 e. The first-order valence-electron chi connectivity index (χ1n) is 10.8. The van der Waals surface area contributed by atoms with E-state index in [1.807, 2.05) is 25.1 Å². The fourth-order valence-corrected chi connectivity index (χ4v) is 3.86. The number of benzene rings is 3. The molecule has 8 heteroatoms. The van der Waals surface area contributed by atoms with Gasteiger partial charge in [0.2, 0.25) is 0 Å². The molecule has 174 valence electrons. The van der Waals surface area contributed by atoms with E-state index in [4.69, 9.17) is 9.47 Å². The van der Waals surface area contributed by atoms with Crippen molar-refractivity contribution in [1.82, 2.24) is 9.66 Å². The van der Waals surface area contributed by atoms with Gasteiger partial charge < -0.3 is 9.47 Å². The summed E-state index contributed by atoms with van der Waals surface area (Å²) >= 11 is 3.41. The van der Waals surface area contributed by atoms with Crippen LogP contribution in [0.5, 0.6) is 11.5 Å². The Morgan fingerprint density at radius 1 is 1.12 bits per heavy atom. The third-order valence-corrected chi connectivity index (χ3v) is 5.64. The van der Waals surface area contributed by atoms with E-state index >= 15 is 0 Å². The Bertz CT molecular complexity index is 1420. The van der Waals surface area contributed by atoms with Gasteiger partial charge in [-0.2, -0.15) is 9.78 Å². The summed E-state index contributed by atoms with van der Waals surface area (Å²) in [7, 11) is 1.54. The van der Waals surface area contributed by atoms with Gasteiger partial charge in [0.05, 0.1) is 24.2 Å². The molecule has 4 aromatic rings. The average Bonchev–Trinajstić information content (AvgIpc) is 2.83. The van der Waals surface area contributed by atoms with E-state index < -0.39 is 0 Å². The summed E-state index contributed by atoms with van der Waals surface area (Å²) in [5, 5.41) is 4.94. The van der Waals surface area contributed by atoms with Crippen molar-refractivity contribution in [3.05, 3.63) is 98.3 Å². The van der Waals surface area contributed by atoms with Crippen molar-refractivity contribution in [1.29, 1.82) is 0 Å². The highest BCUT2D eigenvalue weighted by Gasteiger charge is 2.11. The van der Waals surface area contributed by atoms with Crippen molar-refractivity contribution in [3.63, 3.8) is 0 Å². The quantitative estimate of drug-likeness (QED) is 0.277. The first kappa shape index (κ1) is 23.6. The van der Waals surface area contributed by atoms with Crippen LogP contribution in [0.1, 0.15) is 30.3 Å². The molecule has 0 saturated heterocycles. The lowest BCUT2D eigenvalue weighted by Gasteiger charge is -2.12. The molecule has 6 nitrogen and oxygen atoms in total.